The van der Waals surface area contributed by atoms with Crippen molar-refractivity contribution >= 4 is 33.3 Å². The Bertz CT molecular complexity index is 324. The number of ether oxygens (including phenoxy) is 1. The molecule has 0 saturated carbocycles. The fraction of sp³-hybridized carbons (Fsp3) is 0.444. The van der Waals surface area contributed by atoms with E-state index in [4.69, 9.17) is 22.1 Å². The van der Waals surface area contributed by atoms with Crippen LogP contribution in [-0.4, -0.2) is 31.3 Å². The van der Waals surface area contributed by atoms with Crippen molar-refractivity contribution in [3.63, 3.8) is 0 Å². The molecule has 1 rings (SSSR count). The third-order valence-electron chi connectivity index (χ3n) is 1.80. The zero-order valence-electron chi connectivity index (χ0n) is 8.34. The molecular weight excluding hydrogens is 281 g/mol. The first-order valence-electron chi connectivity index (χ1n) is 4.44. The van der Waals surface area contributed by atoms with Crippen LogP contribution in [-0.2, 0) is 4.74 Å². The maximum Gasteiger partial charge on any atom is 0.145 e. The molecule has 15 heavy (non-hydrogen) atoms. The van der Waals surface area contributed by atoms with Gasteiger partial charge in [0.2, 0.25) is 0 Å². The Balaban J connectivity index is 2.70. The predicted octanol–water partition coefficient (Wildman–Crippen LogP) is 1.88. The number of methoxy groups -OCH3 is 1. The topological polar surface area (TPSA) is 60.2 Å². The Hall–Kier alpha value is -0.360. The third-order valence-corrected chi connectivity index (χ3v) is 2.52. The quantitative estimate of drug-likeness (QED) is 0.870. The van der Waals surface area contributed by atoms with E-state index in [-0.39, 0.29) is 6.04 Å². The Labute approximate surface area is 102 Å². The van der Waals surface area contributed by atoms with Gasteiger partial charge in [0, 0.05) is 24.3 Å². The van der Waals surface area contributed by atoms with Crippen molar-refractivity contribution in [3.8, 4) is 0 Å². The van der Waals surface area contributed by atoms with Gasteiger partial charge in [-0.1, -0.05) is 11.6 Å². The minimum absolute atomic E-state index is 0.0150. The van der Waals surface area contributed by atoms with Crippen LogP contribution >= 0.6 is 27.5 Å². The summed E-state index contributed by atoms with van der Waals surface area (Å²) >= 11 is 9.28. The minimum atomic E-state index is 0.0150. The van der Waals surface area contributed by atoms with Crippen LogP contribution in [0.4, 0.5) is 5.82 Å². The lowest BCUT2D eigenvalue weighted by Crippen LogP contribution is -2.33. The summed E-state index contributed by atoms with van der Waals surface area (Å²) in [6.45, 7) is 0.979. The van der Waals surface area contributed by atoms with Gasteiger partial charge in [-0.3, -0.25) is 0 Å². The number of anilines is 1. The molecule has 0 aromatic carbocycles. The summed E-state index contributed by atoms with van der Waals surface area (Å²) in [5.41, 5.74) is 5.56. The average molecular weight is 295 g/mol. The van der Waals surface area contributed by atoms with Crippen LogP contribution in [0.15, 0.2) is 16.7 Å². The van der Waals surface area contributed by atoms with E-state index in [0.29, 0.717) is 24.0 Å². The van der Waals surface area contributed by atoms with Gasteiger partial charge in [-0.15, -0.1) is 0 Å². The molecule has 0 fully saturated rings. The summed E-state index contributed by atoms with van der Waals surface area (Å²) < 4.78 is 5.85. The summed E-state index contributed by atoms with van der Waals surface area (Å²) in [5, 5.41) is 3.67. The highest BCUT2D eigenvalue weighted by Gasteiger charge is 2.09. The number of nitrogens with two attached hydrogens (primary N) is 1. The molecule has 1 unspecified atom stereocenters. The van der Waals surface area contributed by atoms with Gasteiger partial charge in [0.15, 0.2) is 0 Å². The number of hydrogen-bond acceptors (Lipinski definition) is 4. The van der Waals surface area contributed by atoms with Crippen LogP contribution in [0.3, 0.4) is 0 Å². The van der Waals surface area contributed by atoms with Crippen LogP contribution in [0.2, 0.25) is 5.02 Å². The van der Waals surface area contributed by atoms with Crippen LogP contribution in [0.25, 0.3) is 0 Å². The fourth-order valence-electron chi connectivity index (χ4n) is 1.08. The molecule has 1 atom stereocenters. The molecule has 0 radical (unpaired) electrons. The average Bonchev–Trinajstić information content (AvgIpc) is 2.21. The Morgan fingerprint density at radius 3 is 3.00 bits per heavy atom. The lowest BCUT2D eigenvalue weighted by atomic mass is 10.3. The van der Waals surface area contributed by atoms with Gasteiger partial charge in [0.05, 0.1) is 17.7 Å². The highest BCUT2D eigenvalue weighted by atomic mass is 79.9. The second-order valence-corrected chi connectivity index (χ2v) is 4.34. The number of halogens is 2. The normalized spacial score (nSPS) is 12.5. The monoisotopic (exact) mass is 293 g/mol. The predicted molar refractivity (Wildman–Crippen MR) is 65.3 cm³/mol. The van der Waals surface area contributed by atoms with Crippen molar-refractivity contribution in [2.75, 3.05) is 25.6 Å². The van der Waals surface area contributed by atoms with Crippen molar-refractivity contribution < 1.29 is 4.74 Å². The molecule has 0 aliphatic carbocycles. The summed E-state index contributed by atoms with van der Waals surface area (Å²) in [7, 11) is 1.63. The molecule has 0 amide bonds. The van der Waals surface area contributed by atoms with Gasteiger partial charge in [0.25, 0.3) is 0 Å². The first-order valence-corrected chi connectivity index (χ1v) is 5.61. The van der Waals surface area contributed by atoms with Crippen LogP contribution in [0.5, 0.6) is 0 Å². The molecule has 6 heteroatoms. The summed E-state index contributed by atoms with van der Waals surface area (Å²) in [6.07, 6.45) is 1.68. The number of pyridine rings is 1. The molecule has 0 aliphatic rings. The van der Waals surface area contributed by atoms with E-state index >= 15 is 0 Å². The van der Waals surface area contributed by atoms with Gasteiger partial charge in [-0.25, -0.2) is 4.98 Å². The third kappa shape index (κ3) is 3.95. The maximum absolute atomic E-state index is 5.99. The molecule has 3 N–H and O–H groups in total. The van der Waals surface area contributed by atoms with E-state index in [1.807, 2.05) is 0 Å². The molecule has 1 heterocycles. The Morgan fingerprint density at radius 2 is 2.47 bits per heavy atom. The lowest BCUT2D eigenvalue weighted by Gasteiger charge is -2.17. The van der Waals surface area contributed by atoms with Gasteiger partial charge in [-0.2, -0.15) is 0 Å². The van der Waals surface area contributed by atoms with Crippen molar-refractivity contribution in [2.24, 2.45) is 5.73 Å². The van der Waals surface area contributed by atoms with E-state index < -0.39 is 0 Å². The number of nitrogens with one attached hydrogen (secondary N) is 1. The highest BCUT2D eigenvalue weighted by molar-refractivity contribution is 9.10. The van der Waals surface area contributed by atoms with E-state index in [0.717, 1.165) is 4.47 Å². The van der Waals surface area contributed by atoms with Crippen molar-refractivity contribution in [1.29, 1.82) is 0 Å². The molecular formula is C9H13BrClN3O. The van der Waals surface area contributed by atoms with Crippen LogP contribution in [0.1, 0.15) is 0 Å². The molecule has 4 nitrogen and oxygen atoms in total. The minimum Gasteiger partial charge on any atom is -0.383 e. The summed E-state index contributed by atoms with van der Waals surface area (Å²) in [4.78, 5) is 4.15. The van der Waals surface area contributed by atoms with E-state index in [1.54, 1.807) is 19.4 Å². The number of rotatable bonds is 5. The smallest absolute Gasteiger partial charge is 0.145 e. The molecule has 0 saturated heterocycles. The largest absolute Gasteiger partial charge is 0.383 e. The maximum atomic E-state index is 5.99. The Morgan fingerprint density at radius 1 is 1.73 bits per heavy atom. The van der Waals surface area contributed by atoms with Crippen LogP contribution < -0.4 is 11.1 Å². The lowest BCUT2D eigenvalue weighted by molar-refractivity contribution is 0.187. The molecule has 1 aromatic heterocycles. The highest BCUT2D eigenvalue weighted by Crippen LogP contribution is 2.23. The molecule has 84 valence electrons. The summed E-state index contributed by atoms with van der Waals surface area (Å²) in [5.74, 6) is 0.618. The van der Waals surface area contributed by atoms with E-state index in [2.05, 4.69) is 26.2 Å². The molecule has 0 spiro atoms. The zero-order chi connectivity index (χ0) is 11.3. The molecule has 1 aromatic rings. The van der Waals surface area contributed by atoms with E-state index in [9.17, 15) is 0 Å². The number of hydrogen-bond donors (Lipinski definition) is 2. The first-order chi connectivity index (χ1) is 7.17. The second-order valence-electron chi connectivity index (χ2n) is 3.02. The van der Waals surface area contributed by atoms with Gasteiger partial charge in [-0.05, 0) is 22.0 Å². The van der Waals surface area contributed by atoms with E-state index in [1.165, 1.54) is 0 Å². The molecule has 0 aliphatic heterocycles. The van der Waals surface area contributed by atoms with Gasteiger partial charge < -0.3 is 15.8 Å². The van der Waals surface area contributed by atoms with Crippen molar-refractivity contribution in [1.82, 2.24) is 4.98 Å². The number of nitrogens with zero attached hydrogens (tertiary/aromatic N) is 1. The fourth-order valence-corrected chi connectivity index (χ4v) is 1.77. The van der Waals surface area contributed by atoms with Gasteiger partial charge in [0.1, 0.15) is 5.82 Å². The van der Waals surface area contributed by atoms with Crippen molar-refractivity contribution in [3.05, 3.63) is 21.8 Å². The van der Waals surface area contributed by atoms with Crippen molar-refractivity contribution in [2.45, 2.75) is 6.04 Å². The summed E-state index contributed by atoms with van der Waals surface area (Å²) in [6, 6.07) is 1.79. The molecule has 0 bridgehead atoms. The van der Waals surface area contributed by atoms with Gasteiger partial charge >= 0.3 is 0 Å². The zero-order valence-corrected chi connectivity index (χ0v) is 10.7. The first kappa shape index (κ1) is 12.7. The van der Waals surface area contributed by atoms with Crippen LogP contribution in [0, 0.1) is 0 Å². The number of aromatic nitrogens is 1. The standard InChI is InChI=1S/C9H13BrClN3O/c1-15-5-7(3-12)14-9-8(11)2-6(10)4-13-9/h2,4,7H,3,5,12H2,1H3,(H,13,14). The Kier molecular flexibility index (Phi) is 5.31. The SMILES string of the molecule is COCC(CN)Nc1ncc(Br)cc1Cl. The second kappa shape index (κ2) is 6.27.